The van der Waals surface area contributed by atoms with Gasteiger partial charge in [-0.05, 0) is 57.9 Å². The van der Waals surface area contributed by atoms with Crippen molar-refractivity contribution < 1.29 is 34.0 Å². The third-order valence-corrected chi connectivity index (χ3v) is 5.83. The molecule has 0 spiro atoms. The standard InChI is InChI=1S/C20H32N2O3.C2H2O4/c1-23-18-8-7-16(19(24-2)20(18)25-3)15-21-13-9-17(10-14-21)22-11-5-4-6-12-22;3-1(4)2(5)6/h7-8,17H,4-6,9-15H2,1-3H3;(H,3,4)(H,5,6). The molecule has 2 aliphatic rings. The van der Waals surface area contributed by atoms with Crippen molar-refractivity contribution in [1.82, 2.24) is 9.80 Å². The second-order valence-corrected chi connectivity index (χ2v) is 7.71. The molecule has 9 nitrogen and oxygen atoms in total. The highest BCUT2D eigenvalue weighted by atomic mass is 16.5. The molecule has 0 aliphatic carbocycles. The zero-order valence-corrected chi connectivity index (χ0v) is 18.6. The summed E-state index contributed by atoms with van der Waals surface area (Å²) in [4.78, 5) is 23.5. The highest BCUT2D eigenvalue weighted by Gasteiger charge is 2.26. The van der Waals surface area contributed by atoms with Gasteiger partial charge in [0.2, 0.25) is 5.75 Å². The Morgan fingerprint density at radius 2 is 1.45 bits per heavy atom. The third-order valence-electron chi connectivity index (χ3n) is 5.83. The van der Waals surface area contributed by atoms with E-state index in [-0.39, 0.29) is 0 Å². The van der Waals surface area contributed by atoms with Crippen molar-refractivity contribution in [3.63, 3.8) is 0 Å². The first-order valence-electron chi connectivity index (χ1n) is 10.6. The van der Waals surface area contributed by atoms with Crippen LogP contribution < -0.4 is 14.2 Å². The largest absolute Gasteiger partial charge is 0.493 e. The minimum Gasteiger partial charge on any atom is -0.493 e. The van der Waals surface area contributed by atoms with Gasteiger partial charge in [0.25, 0.3) is 0 Å². The molecule has 0 atom stereocenters. The summed E-state index contributed by atoms with van der Waals surface area (Å²) in [5.41, 5.74) is 1.16. The molecule has 0 aromatic heterocycles. The van der Waals surface area contributed by atoms with E-state index in [0.717, 1.165) is 37.0 Å². The Hall–Kier alpha value is -2.52. The SMILES string of the molecule is COc1ccc(CN2CCC(N3CCCCC3)CC2)c(OC)c1OC.O=C(O)C(=O)O. The van der Waals surface area contributed by atoms with E-state index in [9.17, 15) is 0 Å². The van der Waals surface area contributed by atoms with E-state index in [1.54, 1.807) is 21.3 Å². The number of hydrogen-bond donors (Lipinski definition) is 2. The minimum atomic E-state index is -1.82. The van der Waals surface area contributed by atoms with Gasteiger partial charge in [0.1, 0.15) is 0 Å². The molecule has 1 aromatic carbocycles. The van der Waals surface area contributed by atoms with E-state index in [1.807, 2.05) is 6.07 Å². The minimum absolute atomic E-state index is 0.686. The number of benzene rings is 1. The first-order chi connectivity index (χ1) is 14.9. The Morgan fingerprint density at radius 3 is 1.94 bits per heavy atom. The summed E-state index contributed by atoms with van der Waals surface area (Å²) in [6.45, 7) is 5.80. The summed E-state index contributed by atoms with van der Waals surface area (Å²) >= 11 is 0. The van der Waals surface area contributed by atoms with Crippen LogP contribution in [-0.2, 0) is 16.1 Å². The molecule has 2 aliphatic heterocycles. The Labute approximate surface area is 183 Å². The van der Waals surface area contributed by atoms with Gasteiger partial charge >= 0.3 is 11.9 Å². The third kappa shape index (κ3) is 7.00. The maximum Gasteiger partial charge on any atom is 0.414 e. The number of carboxylic acid groups (broad SMARTS) is 2. The van der Waals surface area contributed by atoms with Gasteiger partial charge < -0.3 is 29.3 Å². The lowest BCUT2D eigenvalue weighted by Crippen LogP contribution is -2.46. The summed E-state index contributed by atoms with van der Waals surface area (Å²) < 4.78 is 16.5. The van der Waals surface area contributed by atoms with E-state index >= 15 is 0 Å². The first kappa shape index (κ1) is 24.7. The fourth-order valence-electron chi connectivity index (χ4n) is 4.25. The first-order valence-corrected chi connectivity index (χ1v) is 10.6. The normalized spacial score (nSPS) is 17.9. The van der Waals surface area contributed by atoms with Crippen LogP contribution in [0, 0.1) is 0 Å². The van der Waals surface area contributed by atoms with Gasteiger partial charge in [-0.15, -0.1) is 0 Å². The molecule has 2 heterocycles. The van der Waals surface area contributed by atoms with Gasteiger partial charge in [-0.25, -0.2) is 9.59 Å². The summed E-state index contributed by atoms with van der Waals surface area (Å²) in [5, 5.41) is 14.8. The van der Waals surface area contributed by atoms with E-state index in [2.05, 4.69) is 15.9 Å². The molecular weight excluding hydrogens is 404 g/mol. The molecular formula is C22H34N2O7. The number of likely N-dealkylation sites (tertiary alicyclic amines) is 2. The molecule has 1 aromatic rings. The van der Waals surface area contributed by atoms with Crippen LogP contribution in [0.1, 0.15) is 37.7 Å². The molecule has 9 heteroatoms. The van der Waals surface area contributed by atoms with Crippen LogP contribution in [0.4, 0.5) is 0 Å². The zero-order valence-electron chi connectivity index (χ0n) is 18.6. The number of aliphatic carboxylic acids is 2. The van der Waals surface area contributed by atoms with E-state index in [4.69, 9.17) is 34.0 Å². The van der Waals surface area contributed by atoms with Crippen molar-refractivity contribution >= 4 is 11.9 Å². The van der Waals surface area contributed by atoms with Gasteiger partial charge in [-0.2, -0.15) is 0 Å². The van der Waals surface area contributed by atoms with Gasteiger partial charge in [0, 0.05) is 18.2 Å². The van der Waals surface area contributed by atoms with Crippen LogP contribution in [-0.4, -0.2) is 85.5 Å². The summed E-state index contributed by atoms with van der Waals surface area (Å²) in [6, 6.07) is 4.84. The molecule has 174 valence electrons. The van der Waals surface area contributed by atoms with Crippen molar-refractivity contribution in [2.24, 2.45) is 0 Å². The van der Waals surface area contributed by atoms with Crippen molar-refractivity contribution in [3.05, 3.63) is 17.7 Å². The zero-order chi connectivity index (χ0) is 22.8. The van der Waals surface area contributed by atoms with Crippen molar-refractivity contribution in [3.8, 4) is 17.2 Å². The van der Waals surface area contributed by atoms with Crippen LogP contribution in [0.2, 0.25) is 0 Å². The Balaban J connectivity index is 0.000000501. The van der Waals surface area contributed by atoms with Crippen molar-refractivity contribution in [2.75, 3.05) is 47.5 Å². The number of carboxylic acids is 2. The van der Waals surface area contributed by atoms with Crippen LogP contribution in [0.25, 0.3) is 0 Å². The number of piperidine rings is 2. The molecule has 0 bridgehead atoms. The summed E-state index contributed by atoms with van der Waals surface area (Å²) in [6.07, 6.45) is 6.71. The van der Waals surface area contributed by atoms with E-state index in [1.165, 1.54) is 45.2 Å². The van der Waals surface area contributed by atoms with Gasteiger partial charge in [-0.3, -0.25) is 4.90 Å². The highest BCUT2D eigenvalue weighted by Crippen LogP contribution is 2.40. The average Bonchev–Trinajstić information content (AvgIpc) is 2.80. The number of rotatable bonds is 6. The summed E-state index contributed by atoms with van der Waals surface area (Å²) in [5.74, 6) is -1.46. The lowest BCUT2D eigenvalue weighted by molar-refractivity contribution is -0.159. The summed E-state index contributed by atoms with van der Waals surface area (Å²) in [7, 11) is 5.01. The van der Waals surface area contributed by atoms with Gasteiger partial charge in [0.05, 0.1) is 21.3 Å². The van der Waals surface area contributed by atoms with E-state index < -0.39 is 11.9 Å². The molecule has 0 amide bonds. The predicted octanol–water partition coefficient (Wildman–Crippen LogP) is 2.32. The average molecular weight is 439 g/mol. The lowest BCUT2D eigenvalue weighted by Gasteiger charge is -2.40. The van der Waals surface area contributed by atoms with Crippen molar-refractivity contribution in [1.29, 1.82) is 0 Å². The fraction of sp³-hybridized carbons (Fsp3) is 0.636. The smallest absolute Gasteiger partial charge is 0.414 e. The highest BCUT2D eigenvalue weighted by molar-refractivity contribution is 6.27. The van der Waals surface area contributed by atoms with Crippen molar-refractivity contribution in [2.45, 2.75) is 44.7 Å². The quantitative estimate of drug-likeness (QED) is 0.647. The Kier molecular flexibility index (Phi) is 9.87. The van der Waals surface area contributed by atoms with Crippen LogP contribution in [0.3, 0.4) is 0 Å². The predicted molar refractivity (Wildman–Crippen MR) is 115 cm³/mol. The monoisotopic (exact) mass is 438 g/mol. The fourth-order valence-corrected chi connectivity index (χ4v) is 4.25. The lowest BCUT2D eigenvalue weighted by atomic mass is 9.99. The maximum atomic E-state index is 9.10. The maximum absolute atomic E-state index is 9.10. The molecule has 0 radical (unpaired) electrons. The molecule has 31 heavy (non-hydrogen) atoms. The number of methoxy groups -OCH3 is 3. The Bertz CT molecular complexity index is 715. The van der Waals surface area contributed by atoms with Crippen LogP contribution in [0.15, 0.2) is 12.1 Å². The molecule has 2 fully saturated rings. The van der Waals surface area contributed by atoms with Crippen LogP contribution >= 0.6 is 0 Å². The molecule has 2 saturated heterocycles. The number of hydrogen-bond acceptors (Lipinski definition) is 7. The van der Waals surface area contributed by atoms with E-state index in [0.29, 0.717) is 11.5 Å². The van der Waals surface area contributed by atoms with Crippen LogP contribution in [0.5, 0.6) is 17.2 Å². The molecule has 3 rings (SSSR count). The van der Waals surface area contributed by atoms with Gasteiger partial charge in [-0.1, -0.05) is 12.5 Å². The number of carbonyl (C=O) groups is 2. The molecule has 0 saturated carbocycles. The second kappa shape index (κ2) is 12.4. The van der Waals surface area contributed by atoms with Gasteiger partial charge in [0.15, 0.2) is 11.5 Å². The second-order valence-electron chi connectivity index (χ2n) is 7.71. The number of nitrogens with zero attached hydrogens (tertiary/aromatic N) is 2. The number of ether oxygens (including phenoxy) is 3. The molecule has 0 unspecified atom stereocenters. The topological polar surface area (TPSA) is 109 Å². The molecule has 2 N–H and O–H groups in total. The Morgan fingerprint density at radius 1 is 0.871 bits per heavy atom.